The van der Waals surface area contributed by atoms with Gasteiger partial charge in [-0.1, -0.05) is 5.16 Å². The highest BCUT2D eigenvalue weighted by Crippen LogP contribution is 2.29. The molecule has 0 unspecified atom stereocenters. The number of carbonyl (C=O) groups is 2. The molecule has 23 heavy (non-hydrogen) atoms. The molecule has 1 aromatic rings. The van der Waals surface area contributed by atoms with Crippen molar-refractivity contribution in [3.63, 3.8) is 0 Å². The molecule has 7 nitrogen and oxygen atoms in total. The Morgan fingerprint density at radius 1 is 1.39 bits per heavy atom. The molecule has 3 heterocycles. The van der Waals surface area contributed by atoms with E-state index >= 15 is 0 Å². The van der Waals surface area contributed by atoms with Crippen molar-refractivity contribution < 1.29 is 14.4 Å². The number of thiazole rings is 1. The van der Waals surface area contributed by atoms with Gasteiger partial charge in [0.05, 0.1) is 17.5 Å². The number of aromatic nitrogens is 1. The van der Waals surface area contributed by atoms with Crippen molar-refractivity contribution in [2.75, 3.05) is 13.1 Å². The zero-order valence-electron chi connectivity index (χ0n) is 12.8. The van der Waals surface area contributed by atoms with Gasteiger partial charge >= 0.3 is 0 Å². The molecule has 4 rings (SSSR count). The summed E-state index contributed by atoms with van der Waals surface area (Å²) >= 11 is 1.46. The first-order valence-electron chi connectivity index (χ1n) is 7.88. The highest BCUT2D eigenvalue weighted by atomic mass is 32.1. The smallest absolute Gasteiger partial charge is 0.273 e. The van der Waals surface area contributed by atoms with Crippen LogP contribution in [0, 0.1) is 12.8 Å². The third kappa shape index (κ3) is 2.60. The second-order valence-electron chi connectivity index (χ2n) is 6.29. The molecule has 2 aliphatic heterocycles. The highest BCUT2D eigenvalue weighted by Gasteiger charge is 2.47. The SMILES string of the molecule is Cc1nc(C(=O)N2C[C@@H]3C(C(=O)NC4CCC4)=NO[C@@H]3C2)cs1. The van der Waals surface area contributed by atoms with Gasteiger partial charge in [-0.05, 0) is 26.2 Å². The molecular formula is C15H18N4O3S. The van der Waals surface area contributed by atoms with Crippen LogP contribution in [0.15, 0.2) is 10.5 Å². The van der Waals surface area contributed by atoms with E-state index in [4.69, 9.17) is 4.84 Å². The van der Waals surface area contributed by atoms with Crippen molar-refractivity contribution in [1.82, 2.24) is 15.2 Å². The Labute approximate surface area is 137 Å². The summed E-state index contributed by atoms with van der Waals surface area (Å²) in [5.41, 5.74) is 0.886. The van der Waals surface area contributed by atoms with Crippen molar-refractivity contribution in [2.45, 2.75) is 38.3 Å². The standard InChI is InChI=1S/C15H18N4O3S/c1-8-16-11(7-23-8)15(21)19-5-10-12(6-19)22-18-13(10)14(20)17-9-3-2-4-9/h7,9-10,12H,2-6H2,1H3,(H,17,20)/t10-,12+/m0/s1. The number of aryl methyl sites for hydroxylation is 1. The van der Waals surface area contributed by atoms with Gasteiger partial charge in [-0.25, -0.2) is 4.98 Å². The first kappa shape index (κ1) is 14.6. The van der Waals surface area contributed by atoms with Gasteiger partial charge in [-0.3, -0.25) is 9.59 Å². The Morgan fingerprint density at radius 2 is 2.22 bits per heavy atom. The van der Waals surface area contributed by atoms with Gasteiger partial charge in [0, 0.05) is 18.0 Å². The number of oxime groups is 1. The first-order chi connectivity index (χ1) is 11.1. The normalized spacial score (nSPS) is 26.3. The van der Waals surface area contributed by atoms with E-state index < -0.39 is 0 Å². The number of rotatable bonds is 3. The summed E-state index contributed by atoms with van der Waals surface area (Å²) in [5.74, 6) is -0.397. The van der Waals surface area contributed by atoms with Crippen LogP contribution in [0.25, 0.3) is 0 Å². The van der Waals surface area contributed by atoms with Crippen LogP contribution in [-0.2, 0) is 9.63 Å². The van der Waals surface area contributed by atoms with Gasteiger partial charge in [0.25, 0.3) is 11.8 Å². The van der Waals surface area contributed by atoms with E-state index in [9.17, 15) is 9.59 Å². The topological polar surface area (TPSA) is 83.9 Å². The van der Waals surface area contributed by atoms with Crippen molar-refractivity contribution in [3.8, 4) is 0 Å². The summed E-state index contributed by atoms with van der Waals surface area (Å²) < 4.78 is 0. The van der Waals surface area contributed by atoms with E-state index in [0.29, 0.717) is 24.5 Å². The van der Waals surface area contributed by atoms with Gasteiger partial charge in [0.15, 0.2) is 11.8 Å². The summed E-state index contributed by atoms with van der Waals surface area (Å²) in [4.78, 5) is 36.1. The number of amides is 2. The van der Waals surface area contributed by atoms with Gasteiger partial charge in [-0.15, -0.1) is 11.3 Å². The number of nitrogens with one attached hydrogen (secondary N) is 1. The summed E-state index contributed by atoms with van der Waals surface area (Å²) in [6.45, 7) is 2.78. The fraction of sp³-hybridized carbons (Fsp3) is 0.600. The quantitative estimate of drug-likeness (QED) is 0.892. The molecule has 122 valence electrons. The highest BCUT2D eigenvalue weighted by molar-refractivity contribution is 7.09. The summed E-state index contributed by atoms with van der Waals surface area (Å²) in [5, 5.41) is 9.58. The van der Waals surface area contributed by atoms with Crippen LogP contribution in [0.4, 0.5) is 0 Å². The number of hydrogen-bond donors (Lipinski definition) is 1. The van der Waals surface area contributed by atoms with Gasteiger partial charge in [-0.2, -0.15) is 0 Å². The van der Waals surface area contributed by atoms with Crippen LogP contribution in [0.5, 0.6) is 0 Å². The second kappa shape index (κ2) is 5.59. The minimum absolute atomic E-state index is 0.105. The lowest BCUT2D eigenvalue weighted by molar-refractivity contribution is -0.116. The maximum Gasteiger partial charge on any atom is 0.273 e. The van der Waals surface area contributed by atoms with E-state index in [1.165, 1.54) is 11.3 Å². The molecule has 1 saturated carbocycles. The van der Waals surface area contributed by atoms with Crippen molar-refractivity contribution in [3.05, 3.63) is 16.1 Å². The van der Waals surface area contributed by atoms with Gasteiger partial charge in [0.1, 0.15) is 5.69 Å². The Balaban J connectivity index is 1.42. The predicted octanol–water partition coefficient (Wildman–Crippen LogP) is 0.947. The molecule has 3 aliphatic rings. The molecule has 1 aromatic heterocycles. The molecule has 1 aliphatic carbocycles. The Bertz CT molecular complexity index is 682. The average Bonchev–Trinajstić information content (AvgIpc) is 3.16. The van der Waals surface area contributed by atoms with E-state index in [-0.39, 0.29) is 29.9 Å². The van der Waals surface area contributed by atoms with Crippen LogP contribution in [0.3, 0.4) is 0 Å². The number of hydrogen-bond acceptors (Lipinski definition) is 6. The average molecular weight is 334 g/mol. The molecule has 0 bridgehead atoms. The van der Waals surface area contributed by atoms with Crippen molar-refractivity contribution in [2.24, 2.45) is 11.1 Å². The number of carbonyl (C=O) groups excluding carboxylic acids is 2. The molecule has 1 saturated heterocycles. The van der Waals surface area contributed by atoms with Crippen LogP contribution < -0.4 is 5.32 Å². The first-order valence-corrected chi connectivity index (χ1v) is 8.76. The number of likely N-dealkylation sites (tertiary alicyclic amines) is 1. The molecule has 0 aromatic carbocycles. The summed E-state index contributed by atoms with van der Waals surface area (Å²) in [6.07, 6.45) is 3.00. The minimum atomic E-state index is -0.221. The molecule has 2 amide bonds. The van der Waals surface area contributed by atoms with E-state index in [0.717, 1.165) is 24.3 Å². The zero-order valence-corrected chi connectivity index (χ0v) is 13.6. The molecule has 2 atom stereocenters. The molecule has 0 spiro atoms. The minimum Gasteiger partial charge on any atom is -0.389 e. The fourth-order valence-corrected chi connectivity index (χ4v) is 3.73. The maximum atomic E-state index is 12.5. The Hall–Kier alpha value is -1.96. The van der Waals surface area contributed by atoms with E-state index in [2.05, 4.69) is 15.5 Å². The molecular weight excluding hydrogens is 316 g/mol. The second-order valence-corrected chi connectivity index (χ2v) is 7.35. The van der Waals surface area contributed by atoms with Crippen LogP contribution in [0.1, 0.15) is 34.8 Å². The Morgan fingerprint density at radius 3 is 2.87 bits per heavy atom. The molecule has 1 N–H and O–H groups in total. The van der Waals surface area contributed by atoms with Gasteiger partial charge < -0.3 is 15.1 Å². The Kier molecular flexibility index (Phi) is 3.56. The third-order valence-electron chi connectivity index (χ3n) is 4.70. The monoisotopic (exact) mass is 334 g/mol. The summed E-state index contributed by atoms with van der Waals surface area (Å²) in [6, 6.07) is 0.265. The van der Waals surface area contributed by atoms with Gasteiger partial charge in [0.2, 0.25) is 0 Å². The molecule has 2 fully saturated rings. The number of nitrogens with zero attached hydrogens (tertiary/aromatic N) is 3. The predicted molar refractivity (Wildman–Crippen MR) is 84.3 cm³/mol. The lowest BCUT2D eigenvalue weighted by Crippen LogP contribution is -2.45. The number of fused-ring (bicyclic) bond motifs is 1. The lowest BCUT2D eigenvalue weighted by Gasteiger charge is -2.26. The molecule has 0 radical (unpaired) electrons. The maximum absolute atomic E-state index is 12.5. The van der Waals surface area contributed by atoms with Crippen LogP contribution >= 0.6 is 11.3 Å². The van der Waals surface area contributed by atoms with Crippen LogP contribution in [-0.4, -0.2) is 52.6 Å². The third-order valence-corrected chi connectivity index (χ3v) is 5.48. The van der Waals surface area contributed by atoms with Crippen molar-refractivity contribution in [1.29, 1.82) is 0 Å². The summed E-state index contributed by atoms with van der Waals surface area (Å²) in [7, 11) is 0. The van der Waals surface area contributed by atoms with E-state index in [1.54, 1.807) is 10.3 Å². The largest absolute Gasteiger partial charge is 0.389 e. The lowest BCUT2D eigenvalue weighted by atomic mass is 9.92. The molecule has 8 heteroatoms. The van der Waals surface area contributed by atoms with E-state index in [1.807, 2.05) is 6.92 Å². The zero-order chi connectivity index (χ0) is 16.0. The van der Waals surface area contributed by atoms with Crippen molar-refractivity contribution >= 4 is 28.9 Å². The van der Waals surface area contributed by atoms with Crippen LogP contribution in [0.2, 0.25) is 0 Å². The fourth-order valence-electron chi connectivity index (χ4n) is 3.15.